The molecule has 0 N–H and O–H groups in total. The average Bonchev–Trinajstić information content (AvgIpc) is 3.31. The van der Waals surface area contributed by atoms with Gasteiger partial charge >= 0.3 is 31.5 Å². The van der Waals surface area contributed by atoms with Gasteiger partial charge in [-0.2, -0.15) is 12.1 Å². The van der Waals surface area contributed by atoms with Crippen LogP contribution in [0.1, 0.15) is 18.1 Å². The van der Waals surface area contributed by atoms with Crippen molar-refractivity contribution in [1.82, 2.24) is 0 Å². The topological polar surface area (TPSA) is 0 Å². The molecule has 1 aliphatic rings. The fourth-order valence-electron chi connectivity index (χ4n) is 3.02. The Morgan fingerprint density at radius 2 is 1.85 bits per heavy atom. The second-order valence-electron chi connectivity index (χ2n) is 5.79. The molecule has 1 aliphatic carbocycles. The molecule has 0 radical (unpaired) electrons. The van der Waals surface area contributed by atoms with E-state index in [2.05, 4.69) is 86.3 Å². The molecule has 0 atom stereocenters. The second kappa shape index (κ2) is 11.8. The van der Waals surface area contributed by atoms with Crippen LogP contribution in [0.25, 0.3) is 26.2 Å². The Kier molecular flexibility index (Phi) is 10.9. The van der Waals surface area contributed by atoms with Crippen molar-refractivity contribution in [1.29, 1.82) is 0 Å². The minimum absolute atomic E-state index is 0. The molecule has 5 rings (SSSR count). The van der Waals surface area contributed by atoms with Crippen molar-refractivity contribution >= 4 is 62.4 Å². The number of rotatable bonds is 0. The maximum absolute atomic E-state index is 4.17. The van der Waals surface area contributed by atoms with E-state index in [4.69, 9.17) is 0 Å². The molecule has 27 heavy (non-hydrogen) atoms. The van der Waals surface area contributed by atoms with Gasteiger partial charge in [0.2, 0.25) is 0 Å². The molecule has 3 aromatic carbocycles. The van der Waals surface area contributed by atoms with Crippen LogP contribution in [0.5, 0.6) is 0 Å². The molecular weight excluding hydrogens is 558 g/mol. The van der Waals surface area contributed by atoms with Crippen LogP contribution in [0, 0.1) is 6.07 Å². The van der Waals surface area contributed by atoms with Crippen LogP contribution in [0.4, 0.5) is 0 Å². The largest absolute Gasteiger partial charge is 0.207 e. The summed E-state index contributed by atoms with van der Waals surface area (Å²) < 4.78 is 4.00. The Morgan fingerprint density at radius 3 is 2.59 bits per heavy atom. The van der Waals surface area contributed by atoms with Crippen LogP contribution >= 0.6 is 36.1 Å². The van der Waals surface area contributed by atoms with Crippen LogP contribution < -0.4 is 24.8 Å². The number of thiophene rings is 1. The number of halogens is 3. The van der Waals surface area contributed by atoms with Gasteiger partial charge in [-0.1, -0.05) is 61.7 Å². The molecule has 0 aliphatic heterocycles. The molecule has 1 aromatic heterocycles. The number of hydrogen-bond donors (Lipinski definition) is 0. The monoisotopic (exact) mass is 570 g/mol. The maximum atomic E-state index is 4.17. The van der Waals surface area contributed by atoms with E-state index in [9.17, 15) is 0 Å². The van der Waals surface area contributed by atoms with Crippen LogP contribution in [0.2, 0.25) is 0 Å². The van der Waals surface area contributed by atoms with Crippen molar-refractivity contribution in [2.24, 2.45) is 0 Å². The zero-order valence-electron chi connectivity index (χ0n) is 14.4. The molecule has 0 saturated heterocycles. The van der Waals surface area contributed by atoms with E-state index in [1.807, 2.05) is 23.5 Å². The summed E-state index contributed by atoms with van der Waals surface area (Å²) in [5.74, 6) is 0. The molecule has 0 bridgehead atoms. The smallest absolute Gasteiger partial charge is 0.0169 e. The molecule has 0 unspecified atom stereocenters. The second-order valence-corrected chi connectivity index (χ2v) is 7.73. The summed E-state index contributed by atoms with van der Waals surface area (Å²) in [5.41, 5.74) is 4.05. The fourth-order valence-corrected chi connectivity index (χ4v) is 4.61. The summed E-state index contributed by atoms with van der Waals surface area (Å²) in [6.07, 6.45) is 3.27. The van der Waals surface area contributed by atoms with Gasteiger partial charge < -0.3 is 24.8 Å². The van der Waals surface area contributed by atoms with Crippen molar-refractivity contribution < 1.29 is 47.5 Å². The SMILES string of the molecule is CC1=Cc2[c-]ccc(Br)c2C1.[Cl-].[Cl-].[S]=[Zr+2].c1ccc2c(c1)sc1cc[cH-]c12. The first-order valence-corrected chi connectivity index (χ1v) is 12.8. The summed E-state index contributed by atoms with van der Waals surface area (Å²) >= 11 is 6.52. The third-order valence-corrected chi connectivity index (χ3v) is 6.00. The number of fused-ring (bicyclic) bond motifs is 4. The van der Waals surface area contributed by atoms with E-state index in [1.165, 1.54) is 41.3 Å². The summed E-state index contributed by atoms with van der Waals surface area (Å²) in [6, 6.07) is 22.3. The van der Waals surface area contributed by atoms with Gasteiger partial charge in [0.15, 0.2) is 0 Å². The first-order valence-electron chi connectivity index (χ1n) is 7.82. The fraction of sp³-hybridized carbons (Fsp3) is 0.0952. The normalized spacial score (nSPS) is 11.2. The first-order chi connectivity index (χ1) is 12.2. The molecule has 0 fully saturated rings. The van der Waals surface area contributed by atoms with Crippen molar-refractivity contribution in [3.8, 4) is 0 Å². The predicted molar refractivity (Wildman–Crippen MR) is 113 cm³/mol. The summed E-state index contributed by atoms with van der Waals surface area (Å²) in [7, 11) is 4.17. The first kappa shape index (κ1) is 25.0. The molecular formula is C21H15BrCl2S2Zr-2. The van der Waals surface area contributed by atoms with E-state index in [-0.39, 0.29) is 24.8 Å². The standard InChI is InChI=1S/C11H7S.C10H8Br.2ClH.S.Zr/c1-2-6-10-8(4-1)9-5-3-7-11(9)12-10;1-7-5-8-3-2-4-10(11)9(8)6-7;;;;/h1-7H;2,4-5H,6H2,1H3;2*1H;;/q2*-1;;;;+2/p-2. The van der Waals surface area contributed by atoms with Gasteiger partial charge in [0.1, 0.15) is 0 Å². The Morgan fingerprint density at radius 1 is 1.11 bits per heavy atom. The zero-order valence-corrected chi connectivity index (χ0v) is 21.6. The Labute approximate surface area is 203 Å². The molecule has 0 amide bonds. The summed E-state index contributed by atoms with van der Waals surface area (Å²) in [5, 5.41) is 2.79. The van der Waals surface area contributed by atoms with Crippen LogP contribution in [-0.2, 0) is 29.1 Å². The van der Waals surface area contributed by atoms with Gasteiger partial charge in [-0.15, -0.1) is 52.4 Å². The minimum atomic E-state index is 0. The van der Waals surface area contributed by atoms with Crippen molar-refractivity contribution in [2.45, 2.75) is 13.3 Å². The molecule has 0 saturated carbocycles. The molecule has 6 heteroatoms. The van der Waals surface area contributed by atoms with Crippen molar-refractivity contribution in [3.05, 3.63) is 81.8 Å². The maximum Gasteiger partial charge on any atom is -0.0169 e. The summed E-state index contributed by atoms with van der Waals surface area (Å²) in [6.45, 7) is 2.15. The summed E-state index contributed by atoms with van der Waals surface area (Å²) in [4.78, 5) is 0. The Hall–Kier alpha value is -0.0869. The third-order valence-electron chi connectivity index (χ3n) is 4.10. The van der Waals surface area contributed by atoms with Crippen molar-refractivity contribution in [3.63, 3.8) is 0 Å². The molecule has 138 valence electrons. The zero-order chi connectivity index (χ0) is 17.8. The van der Waals surface area contributed by atoms with Gasteiger partial charge in [-0.05, 0) is 11.1 Å². The predicted octanol–water partition coefficient (Wildman–Crippen LogP) is 1.64. The average molecular weight is 574 g/mol. The van der Waals surface area contributed by atoms with Crippen LogP contribution in [0.15, 0.2) is 64.6 Å². The quantitative estimate of drug-likeness (QED) is 0.289. The van der Waals surface area contributed by atoms with Crippen LogP contribution in [-0.4, -0.2) is 0 Å². The Bertz CT molecular complexity index is 1050. The third kappa shape index (κ3) is 5.72. The van der Waals surface area contributed by atoms with E-state index in [1.54, 1.807) is 0 Å². The molecule has 1 heterocycles. The molecule has 0 spiro atoms. The van der Waals surface area contributed by atoms with E-state index < -0.39 is 0 Å². The van der Waals surface area contributed by atoms with E-state index in [0.29, 0.717) is 0 Å². The van der Waals surface area contributed by atoms with Gasteiger partial charge in [0, 0.05) is 0 Å². The van der Waals surface area contributed by atoms with Gasteiger partial charge in [0.05, 0.1) is 0 Å². The van der Waals surface area contributed by atoms with Gasteiger partial charge in [-0.25, -0.2) is 11.3 Å². The molecule has 4 aromatic rings. The number of hydrogen-bond acceptors (Lipinski definition) is 2. The Balaban J connectivity index is 0.000000233. The number of allylic oxidation sites excluding steroid dienone is 1. The van der Waals surface area contributed by atoms with Crippen LogP contribution in [0.3, 0.4) is 0 Å². The van der Waals surface area contributed by atoms with Gasteiger partial charge in [0.25, 0.3) is 0 Å². The number of benzene rings is 2. The van der Waals surface area contributed by atoms with Gasteiger partial charge in [-0.3, -0.25) is 0 Å². The van der Waals surface area contributed by atoms with E-state index >= 15 is 0 Å². The van der Waals surface area contributed by atoms with E-state index in [0.717, 1.165) is 29.1 Å². The minimum Gasteiger partial charge on any atom is -0.207 e. The molecule has 0 nitrogen and oxygen atoms in total. The van der Waals surface area contributed by atoms with Crippen molar-refractivity contribution in [2.75, 3.05) is 0 Å².